The summed E-state index contributed by atoms with van der Waals surface area (Å²) < 4.78 is 4.01. The fourth-order valence-electron chi connectivity index (χ4n) is 0.297. The van der Waals surface area contributed by atoms with E-state index in [2.05, 4.69) is 4.43 Å². The highest BCUT2D eigenvalue weighted by molar-refractivity contribution is 6.48. The molecular formula is C2H11N3O4Si. The molecule has 0 saturated carbocycles. The minimum Gasteiger partial charge on any atom is -0.368 e. The van der Waals surface area contributed by atoms with Crippen molar-refractivity contribution >= 4 is 9.05 Å². The Morgan fingerprint density at radius 1 is 1.30 bits per heavy atom. The van der Waals surface area contributed by atoms with Gasteiger partial charge in [-0.1, -0.05) is 0 Å². The molecule has 0 fully saturated rings. The molecule has 0 atom stereocenters. The third-order valence-corrected chi connectivity index (χ3v) is 1.30. The Balaban J connectivity index is 3.89. The number of nitrogens with two attached hydrogens (primary N) is 3. The Labute approximate surface area is 58.5 Å². The maximum Gasteiger partial charge on any atom is 0.673 e. The Hall–Kier alpha value is -0.0631. The maximum absolute atomic E-state index is 8.30. The van der Waals surface area contributed by atoms with Crippen molar-refractivity contribution in [2.75, 3.05) is 6.54 Å². The van der Waals surface area contributed by atoms with E-state index in [1.54, 1.807) is 0 Å². The summed E-state index contributed by atoms with van der Waals surface area (Å²) in [5, 5.41) is 0. The highest BCUT2D eigenvalue weighted by Gasteiger charge is 2.38. The van der Waals surface area contributed by atoms with Crippen molar-refractivity contribution < 1.29 is 18.8 Å². The highest BCUT2D eigenvalue weighted by Crippen LogP contribution is 1.97. The molecule has 62 valence electrons. The van der Waals surface area contributed by atoms with E-state index in [1.165, 1.54) is 0 Å². The molecule has 0 aliphatic carbocycles. The first-order valence-electron chi connectivity index (χ1n) is 2.42. The normalized spacial score (nSPS) is 13.8. The first-order valence-corrected chi connectivity index (χ1v) is 4.17. The molecule has 0 aromatic rings. The molecule has 0 amide bonds. The van der Waals surface area contributed by atoms with Gasteiger partial charge in [-0.05, 0) is 0 Å². The van der Waals surface area contributed by atoms with Gasteiger partial charge in [0.25, 0.3) is 0 Å². The molecule has 0 bridgehead atoms. The van der Waals surface area contributed by atoms with Gasteiger partial charge in [-0.2, -0.15) is 0 Å². The van der Waals surface area contributed by atoms with Crippen LogP contribution in [0, 0.1) is 0 Å². The van der Waals surface area contributed by atoms with Gasteiger partial charge in [0.1, 0.15) is 0 Å². The molecule has 0 unspecified atom stereocenters. The molecule has 8 heteroatoms. The molecule has 0 aliphatic heterocycles. The fourth-order valence-corrected chi connectivity index (χ4v) is 0.890. The summed E-state index contributed by atoms with van der Waals surface area (Å²) in [6, 6.07) is 0. The van der Waals surface area contributed by atoms with Crippen LogP contribution in [-0.4, -0.2) is 35.8 Å². The predicted molar refractivity (Wildman–Crippen MR) is 33.7 cm³/mol. The van der Waals surface area contributed by atoms with Crippen molar-refractivity contribution in [1.82, 2.24) is 0 Å². The van der Waals surface area contributed by atoms with E-state index in [1.807, 2.05) is 0 Å². The Kier molecular flexibility index (Phi) is 2.88. The maximum atomic E-state index is 8.30. The van der Waals surface area contributed by atoms with Crippen molar-refractivity contribution in [3.05, 3.63) is 0 Å². The van der Waals surface area contributed by atoms with Crippen LogP contribution in [0.25, 0.3) is 0 Å². The number of rotatable bonds is 3. The van der Waals surface area contributed by atoms with Crippen molar-refractivity contribution in [1.29, 1.82) is 0 Å². The minimum atomic E-state index is -4.64. The Bertz CT molecular complexity index is 112. The Morgan fingerprint density at radius 3 is 1.80 bits per heavy atom. The monoisotopic (exact) mass is 169 g/mol. The number of hydrogen-bond donors (Lipinski definition) is 6. The topological polar surface area (TPSA) is 148 Å². The van der Waals surface area contributed by atoms with Crippen molar-refractivity contribution in [3.8, 4) is 0 Å². The van der Waals surface area contributed by atoms with Crippen LogP contribution < -0.4 is 17.2 Å². The molecule has 9 N–H and O–H groups in total. The molecule has 0 rings (SSSR count). The first kappa shape index (κ1) is 9.94. The van der Waals surface area contributed by atoms with Crippen LogP contribution in [0.5, 0.6) is 0 Å². The van der Waals surface area contributed by atoms with E-state index in [9.17, 15) is 0 Å². The predicted octanol–water partition coefficient (Wildman–Crippen LogP) is -4.05. The average molecular weight is 169 g/mol. The van der Waals surface area contributed by atoms with E-state index in [0.717, 1.165) is 0 Å². The molecule has 0 radical (unpaired) electrons. The quantitative estimate of drug-likeness (QED) is 0.186. The number of hydrogen-bond acceptors (Lipinski definition) is 7. The first-order chi connectivity index (χ1) is 4.27. The second-order valence-electron chi connectivity index (χ2n) is 1.84. The van der Waals surface area contributed by atoms with Gasteiger partial charge >= 0.3 is 9.05 Å². The second-order valence-corrected chi connectivity index (χ2v) is 3.19. The summed E-state index contributed by atoms with van der Waals surface area (Å²) in [5.74, 6) is -1.88. The zero-order valence-corrected chi connectivity index (χ0v) is 6.19. The van der Waals surface area contributed by atoms with Gasteiger partial charge in [-0.3, -0.25) is 11.5 Å². The van der Waals surface area contributed by atoms with E-state index in [4.69, 9.17) is 31.6 Å². The standard InChI is InChI=1S/C2H11N3O4Si/c3-1-2(4,5)9-10(6,7)8/h6-8H,1,3-5H2. The van der Waals surface area contributed by atoms with Crippen LogP contribution in [0.4, 0.5) is 0 Å². The molecule has 0 spiro atoms. The van der Waals surface area contributed by atoms with Crippen molar-refractivity contribution in [2.45, 2.75) is 5.85 Å². The fraction of sp³-hybridized carbons (Fsp3) is 1.00. The molecule has 0 heterocycles. The van der Waals surface area contributed by atoms with E-state index >= 15 is 0 Å². The lowest BCUT2D eigenvalue weighted by molar-refractivity contribution is -0.0309. The summed E-state index contributed by atoms with van der Waals surface area (Å²) in [6.07, 6.45) is 0. The zero-order valence-electron chi connectivity index (χ0n) is 5.19. The van der Waals surface area contributed by atoms with Crippen LogP contribution >= 0.6 is 0 Å². The van der Waals surface area contributed by atoms with Gasteiger partial charge in [-0.25, -0.2) is 0 Å². The molecule has 0 aromatic heterocycles. The molecule has 0 aromatic carbocycles. The van der Waals surface area contributed by atoms with Gasteiger partial charge in [-0.15, -0.1) is 0 Å². The summed E-state index contributed by atoms with van der Waals surface area (Å²) >= 11 is 0. The SMILES string of the molecule is NCC(N)(N)O[Si](O)(O)O. The Morgan fingerprint density at radius 2 is 1.70 bits per heavy atom. The van der Waals surface area contributed by atoms with Crippen LogP contribution in [0.3, 0.4) is 0 Å². The summed E-state index contributed by atoms with van der Waals surface area (Å²) in [4.78, 5) is 24.9. The average Bonchev–Trinajstić information content (AvgIpc) is 1.60. The van der Waals surface area contributed by atoms with Crippen molar-refractivity contribution in [3.63, 3.8) is 0 Å². The van der Waals surface area contributed by atoms with Gasteiger partial charge in [0.05, 0.1) is 0 Å². The summed E-state index contributed by atoms with van der Waals surface area (Å²) in [7, 11) is -4.64. The second kappa shape index (κ2) is 2.90. The van der Waals surface area contributed by atoms with Crippen LogP contribution in [0.2, 0.25) is 0 Å². The molecule has 10 heavy (non-hydrogen) atoms. The van der Waals surface area contributed by atoms with Gasteiger partial charge in [0, 0.05) is 6.54 Å². The largest absolute Gasteiger partial charge is 0.673 e. The molecular weight excluding hydrogens is 158 g/mol. The van der Waals surface area contributed by atoms with Crippen LogP contribution in [0.15, 0.2) is 0 Å². The smallest absolute Gasteiger partial charge is 0.368 e. The lowest BCUT2D eigenvalue weighted by Crippen LogP contribution is -2.64. The lowest BCUT2D eigenvalue weighted by atomic mass is 10.5. The molecule has 0 saturated heterocycles. The van der Waals surface area contributed by atoms with Gasteiger partial charge in [0.2, 0.25) is 0 Å². The third-order valence-electron chi connectivity index (χ3n) is 0.646. The van der Waals surface area contributed by atoms with Crippen LogP contribution in [-0.2, 0) is 4.43 Å². The van der Waals surface area contributed by atoms with Crippen LogP contribution in [0.1, 0.15) is 0 Å². The summed E-state index contributed by atoms with van der Waals surface area (Å²) in [5.41, 5.74) is 14.9. The minimum absolute atomic E-state index is 0.330. The zero-order chi connectivity index (χ0) is 8.41. The van der Waals surface area contributed by atoms with Gasteiger partial charge < -0.3 is 24.5 Å². The van der Waals surface area contributed by atoms with E-state index in [-0.39, 0.29) is 6.54 Å². The summed E-state index contributed by atoms with van der Waals surface area (Å²) in [6.45, 7) is -0.330. The van der Waals surface area contributed by atoms with Crippen molar-refractivity contribution in [2.24, 2.45) is 17.2 Å². The van der Waals surface area contributed by atoms with Gasteiger partial charge in [0.15, 0.2) is 5.85 Å². The molecule has 0 aliphatic rings. The molecule has 7 nitrogen and oxygen atoms in total. The van der Waals surface area contributed by atoms with E-state index in [0.29, 0.717) is 0 Å². The lowest BCUT2D eigenvalue weighted by Gasteiger charge is -2.25. The van der Waals surface area contributed by atoms with E-state index < -0.39 is 14.9 Å². The third kappa shape index (κ3) is 4.78. The highest BCUT2D eigenvalue weighted by atomic mass is 28.4.